The number of carbonyl (C=O) groups excluding carboxylic acids is 2. The molecule has 0 radical (unpaired) electrons. The fourth-order valence-corrected chi connectivity index (χ4v) is 1.52. The minimum absolute atomic E-state index is 0.0527. The van der Waals surface area contributed by atoms with Gasteiger partial charge in [0.2, 0.25) is 5.76 Å². The van der Waals surface area contributed by atoms with E-state index in [0.29, 0.717) is 6.42 Å². The SMILES string of the molecule is CCC/C1=C(/O)C(=O)Oc2ncccc2OC1=O. The van der Waals surface area contributed by atoms with E-state index < -0.39 is 17.7 Å². The minimum atomic E-state index is -1.00. The van der Waals surface area contributed by atoms with Gasteiger partial charge >= 0.3 is 11.9 Å². The highest BCUT2D eigenvalue weighted by Crippen LogP contribution is 2.28. The largest absolute Gasteiger partial charge is 0.501 e. The number of hydrogen-bond donors (Lipinski definition) is 1. The fraction of sp³-hybridized carbons (Fsp3) is 0.250. The van der Waals surface area contributed by atoms with Crippen molar-refractivity contribution < 1.29 is 24.2 Å². The summed E-state index contributed by atoms with van der Waals surface area (Å²) in [5.74, 6) is -2.58. The van der Waals surface area contributed by atoms with Crippen molar-refractivity contribution in [2.75, 3.05) is 0 Å². The number of aliphatic hydroxyl groups is 1. The average molecular weight is 249 g/mol. The average Bonchev–Trinajstić information content (AvgIpc) is 2.36. The molecule has 0 unspecified atom stereocenters. The van der Waals surface area contributed by atoms with E-state index in [2.05, 4.69) is 4.98 Å². The van der Waals surface area contributed by atoms with Crippen molar-refractivity contribution >= 4 is 11.9 Å². The number of nitrogens with zero attached hydrogens (tertiary/aromatic N) is 1. The van der Waals surface area contributed by atoms with Crippen molar-refractivity contribution in [1.82, 2.24) is 4.98 Å². The first kappa shape index (κ1) is 12.1. The molecule has 1 aliphatic heterocycles. The van der Waals surface area contributed by atoms with Gasteiger partial charge in [0, 0.05) is 6.20 Å². The lowest BCUT2D eigenvalue weighted by atomic mass is 10.1. The number of aliphatic hydroxyl groups excluding tert-OH is 1. The normalized spacial score (nSPS) is 19.4. The molecular weight excluding hydrogens is 238 g/mol. The number of ether oxygens (including phenoxy) is 2. The third kappa shape index (κ3) is 2.17. The van der Waals surface area contributed by atoms with Gasteiger partial charge in [-0.05, 0) is 18.6 Å². The quantitative estimate of drug-likeness (QED) is 0.800. The molecule has 0 atom stereocenters. The highest BCUT2D eigenvalue weighted by molar-refractivity contribution is 6.01. The standard InChI is InChI=1S/C12H11NO5/c1-2-4-7-9(14)12(16)18-10-8(17-11(7)15)5-3-6-13-10/h3,5-6,14H,2,4H2,1H3/b9-7-. The molecule has 6 nitrogen and oxygen atoms in total. The second-order valence-corrected chi connectivity index (χ2v) is 3.66. The van der Waals surface area contributed by atoms with Gasteiger partial charge < -0.3 is 14.6 Å². The summed E-state index contributed by atoms with van der Waals surface area (Å²) < 4.78 is 9.86. The molecule has 0 saturated heterocycles. The zero-order chi connectivity index (χ0) is 13.1. The summed E-state index contributed by atoms with van der Waals surface area (Å²) >= 11 is 0. The van der Waals surface area contributed by atoms with Gasteiger partial charge in [-0.1, -0.05) is 13.3 Å². The van der Waals surface area contributed by atoms with E-state index in [1.165, 1.54) is 12.3 Å². The zero-order valence-electron chi connectivity index (χ0n) is 9.67. The van der Waals surface area contributed by atoms with Gasteiger partial charge in [0.05, 0.1) is 5.57 Å². The van der Waals surface area contributed by atoms with Crippen molar-refractivity contribution in [3.8, 4) is 11.6 Å². The number of rotatable bonds is 2. The molecule has 18 heavy (non-hydrogen) atoms. The molecule has 1 aromatic heterocycles. The van der Waals surface area contributed by atoms with Crippen LogP contribution in [-0.4, -0.2) is 22.0 Å². The Kier molecular flexibility index (Phi) is 3.27. The van der Waals surface area contributed by atoms with Crippen LogP contribution in [0.5, 0.6) is 11.6 Å². The number of aromatic nitrogens is 1. The molecule has 0 spiro atoms. The van der Waals surface area contributed by atoms with Gasteiger partial charge in [-0.2, -0.15) is 0 Å². The molecule has 2 heterocycles. The lowest BCUT2D eigenvalue weighted by molar-refractivity contribution is -0.137. The maximum Gasteiger partial charge on any atom is 0.380 e. The molecule has 1 aliphatic rings. The molecule has 0 saturated carbocycles. The third-order valence-electron chi connectivity index (χ3n) is 2.35. The van der Waals surface area contributed by atoms with E-state index in [1.807, 2.05) is 6.92 Å². The van der Waals surface area contributed by atoms with E-state index in [-0.39, 0.29) is 23.6 Å². The molecule has 0 bridgehead atoms. The fourth-order valence-electron chi connectivity index (χ4n) is 1.52. The van der Waals surface area contributed by atoms with Gasteiger partial charge in [0.15, 0.2) is 5.75 Å². The maximum absolute atomic E-state index is 11.8. The van der Waals surface area contributed by atoms with Crippen molar-refractivity contribution in [2.45, 2.75) is 19.8 Å². The van der Waals surface area contributed by atoms with Crippen LogP contribution in [0.4, 0.5) is 0 Å². The lowest BCUT2D eigenvalue weighted by Crippen LogP contribution is -2.23. The van der Waals surface area contributed by atoms with E-state index in [1.54, 1.807) is 6.07 Å². The molecule has 1 aromatic rings. The number of esters is 2. The van der Waals surface area contributed by atoms with Crippen LogP contribution in [0, 0.1) is 0 Å². The van der Waals surface area contributed by atoms with Crippen LogP contribution < -0.4 is 9.47 Å². The summed E-state index contributed by atoms with van der Waals surface area (Å²) in [6, 6.07) is 3.00. The number of hydrogen-bond acceptors (Lipinski definition) is 6. The van der Waals surface area contributed by atoms with Gasteiger partial charge in [-0.15, -0.1) is 0 Å². The predicted molar refractivity (Wildman–Crippen MR) is 60.1 cm³/mol. The Bertz CT molecular complexity index is 535. The Hall–Kier alpha value is -2.37. The van der Waals surface area contributed by atoms with E-state index in [4.69, 9.17) is 9.47 Å². The highest BCUT2D eigenvalue weighted by atomic mass is 16.6. The molecule has 0 aliphatic carbocycles. The summed E-state index contributed by atoms with van der Waals surface area (Å²) in [4.78, 5) is 27.1. The minimum Gasteiger partial charge on any atom is -0.501 e. The number of fused-ring (bicyclic) bond motifs is 1. The van der Waals surface area contributed by atoms with Gasteiger partial charge in [-0.25, -0.2) is 14.6 Å². The molecule has 0 amide bonds. The topological polar surface area (TPSA) is 85.7 Å². The van der Waals surface area contributed by atoms with Crippen LogP contribution in [-0.2, 0) is 9.59 Å². The summed E-state index contributed by atoms with van der Waals surface area (Å²) in [5.41, 5.74) is -0.0861. The summed E-state index contributed by atoms with van der Waals surface area (Å²) in [5, 5.41) is 9.65. The Morgan fingerprint density at radius 1 is 1.28 bits per heavy atom. The zero-order valence-corrected chi connectivity index (χ0v) is 9.67. The Morgan fingerprint density at radius 3 is 2.78 bits per heavy atom. The van der Waals surface area contributed by atoms with E-state index in [9.17, 15) is 14.7 Å². The van der Waals surface area contributed by atoms with Crippen LogP contribution in [0.25, 0.3) is 0 Å². The van der Waals surface area contributed by atoms with Crippen LogP contribution in [0.3, 0.4) is 0 Å². The van der Waals surface area contributed by atoms with Crippen LogP contribution in [0.15, 0.2) is 29.7 Å². The molecule has 0 fully saturated rings. The van der Waals surface area contributed by atoms with Crippen molar-refractivity contribution in [2.24, 2.45) is 0 Å². The first-order chi connectivity index (χ1) is 8.63. The van der Waals surface area contributed by atoms with Crippen LogP contribution >= 0.6 is 0 Å². The highest BCUT2D eigenvalue weighted by Gasteiger charge is 2.28. The summed E-state index contributed by atoms with van der Waals surface area (Å²) in [7, 11) is 0. The van der Waals surface area contributed by atoms with Crippen molar-refractivity contribution in [3.63, 3.8) is 0 Å². The van der Waals surface area contributed by atoms with E-state index >= 15 is 0 Å². The number of carbonyl (C=O) groups is 2. The molecule has 6 heteroatoms. The van der Waals surface area contributed by atoms with Crippen LogP contribution in [0.1, 0.15) is 19.8 Å². The predicted octanol–water partition coefficient (Wildman–Crippen LogP) is 1.52. The van der Waals surface area contributed by atoms with Crippen LogP contribution in [0.2, 0.25) is 0 Å². The monoisotopic (exact) mass is 249 g/mol. The third-order valence-corrected chi connectivity index (χ3v) is 2.35. The summed E-state index contributed by atoms with van der Waals surface area (Å²) in [6.45, 7) is 1.81. The first-order valence-corrected chi connectivity index (χ1v) is 5.45. The molecule has 0 aromatic carbocycles. The Morgan fingerprint density at radius 2 is 2.06 bits per heavy atom. The molecule has 2 rings (SSSR count). The van der Waals surface area contributed by atoms with Gasteiger partial charge in [0.1, 0.15) is 0 Å². The summed E-state index contributed by atoms with van der Waals surface area (Å²) in [6.07, 6.45) is 2.20. The molecular formula is C12H11NO5. The van der Waals surface area contributed by atoms with E-state index in [0.717, 1.165) is 0 Å². The number of pyridine rings is 1. The smallest absolute Gasteiger partial charge is 0.380 e. The Labute approximate surface area is 103 Å². The molecule has 94 valence electrons. The van der Waals surface area contributed by atoms with Gasteiger partial charge in [0.25, 0.3) is 5.88 Å². The molecule has 1 N–H and O–H groups in total. The van der Waals surface area contributed by atoms with Gasteiger partial charge in [-0.3, -0.25) is 0 Å². The lowest BCUT2D eigenvalue weighted by Gasteiger charge is -2.14. The van der Waals surface area contributed by atoms with Crippen molar-refractivity contribution in [3.05, 3.63) is 29.7 Å². The Balaban J connectivity index is 2.45. The van der Waals surface area contributed by atoms with Crippen molar-refractivity contribution in [1.29, 1.82) is 0 Å². The second-order valence-electron chi connectivity index (χ2n) is 3.66. The maximum atomic E-state index is 11.8. The second kappa shape index (κ2) is 4.87. The first-order valence-electron chi connectivity index (χ1n) is 5.45.